The molecular formula is C19H24N2O2. The Morgan fingerprint density at radius 1 is 1.30 bits per heavy atom. The smallest absolute Gasteiger partial charge is 0.232 e. The molecule has 1 aliphatic heterocycles. The van der Waals surface area contributed by atoms with E-state index in [1.54, 1.807) is 0 Å². The highest BCUT2D eigenvalue weighted by atomic mass is 16.2. The molecule has 1 heterocycles. The fraction of sp³-hybridized carbons (Fsp3) is 0.579. The van der Waals surface area contributed by atoms with E-state index in [-0.39, 0.29) is 30.2 Å². The number of hydrogen-bond donors (Lipinski definition) is 2. The number of hydrogen-bond acceptors (Lipinski definition) is 2. The van der Waals surface area contributed by atoms with Crippen LogP contribution in [0.1, 0.15) is 50.5 Å². The van der Waals surface area contributed by atoms with E-state index in [2.05, 4.69) is 17.6 Å². The van der Waals surface area contributed by atoms with Gasteiger partial charge in [-0.3, -0.25) is 9.59 Å². The molecule has 2 fully saturated rings. The van der Waals surface area contributed by atoms with Gasteiger partial charge in [0, 0.05) is 18.2 Å². The Morgan fingerprint density at radius 3 is 2.87 bits per heavy atom. The van der Waals surface area contributed by atoms with Gasteiger partial charge in [-0.2, -0.15) is 0 Å². The van der Waals surface area contributed by atoms with Gasteiger partial charge in [-0.25, -0.2) is 0 Å². The van der Waals surface area contributed by atoms with Crippen molar-refractivity contribution in [1.82, 2.24) is 5.32 Å². The molecule has 4 rings (SSSR count). The predicted molar refractivity (Wildman–Crippen MR) is 89.0 cm³/mol. The van der Waals surface area contributed by atoms with Crippen molar-refractivity contribution in [3.8, 4) is 0 Å². The molecule has 4 heteroatoms. The van der Waals surface area contributed by atoms with Gasteiger partial charge < -0.3 is 10.6 Å². The Morgan fingerprint density at radius 2 is 2.13 bits per heavy atom. The third kappa shape index (κ3) is 2.64. The van der Waals surface area contributed by atoms with Crippen molar-refractivity contribution < 1.29 is 9.59 Å². The van der Waals surface area contributed by atoms with E-state index < -0.39 is 0 Å². The molecule has 2 bridgehead atoms. The van der Waals surface area contributed by atoms with E-state index in [4.69, 9.17) is 0 Å². The number of carbonyl (C=O) groups is 2. The van der Waals surface area contributed by atoms with Gasteiger partial charge in [0.1, 0.15) is 0 Å². The van der Waals surface area contributed by atoms with Crippen LogP contribution in [0.5, 0.6) is 0 Å². The van der Waals surface area contributed by atoms with Crippen LogP contribution in [0, 0.1) is 17.8 Å². The van der Waals surface area contributed by atoms with Gasteiger partial charge in [-0.15, -0.1) is 0 Å². The Bertz CT molecular complexity index is 642. The lowest BCUT2D eigenvalue weighted by atomic mass is 9.84. The van der Waals surface area contributed by atoms with Gasteiger partial charge in [-0.1, -0.05) is 24.6 Å². The van der Waals surface area contributed by atoms with E-state index in [9.17, 15) is 9.59 Å². The molecule has 5 atom stereocenters. The number of nitrogens with one attached hydrogen (secondary N) is 2. The van der Waals surface area contributed by atoms with Crippen molar-refractivity contribution in [3.63, 3.8) is 0 Å². The number of carbonyl (C=O) groups excluding carboxylic acids is 2. The predicted octanol–water partition coefficient (Wildman–Crippen LogP) is 3.05. The van der Waals surface area contributed by atoms with Gasteiger partial charge in [0.25, 0.3) is 0 Å². The summed E-state index contributed by atoms with van der Waals surface area (Å²) in [6.45, 7) is 2.13. The number of benzene rings is 1. The molecule has 23 heavy (non-hydrogen) atoms. The summed E-state index contributed by atoms with van der Waals surface area (Å²) in [5.74, 6) is 1.90. The van der Waals surface area contributed by atoms with Crippen molar-refractivity contribution in [1.29, 1.82) is 0 Å². The van der Waals surface area contributed by atoms with E-state index in [1.807, 2.05) is 24.3 Å². The standard InChI is InChI=1S/C19H24N2O2/c1-11(15-9-12-6-7-13(15)8-12)20-18(22)10-16-14-4-2-3-5-17(14)21-19(16)23/h2-5,11-13,15-16H,6-10H2,1H3,(H,20,22)(H,21,23)/t11-,12-,13-,15-,16+/m0/s1. The molecule has 0 spiro atoms. The van der Waals surface area contributed by atoms with Crippen LogP contribution in [0.15, 0.2) is 24.3 Å². The first-order valence-corrected chi connectivity index (χ1v) is 8.81. The maximum absolute atomic E-state index is 12.4. The summed E-state index contributed by atoms with van der Waals surface area (Å²) >= 11 is 0. The van der Waals surface area contributed by atoms with Crippen LogP contribution in [0.2, 0.25) is 0 Å². The van der Waals surface area contributed by atoms with Crippen LogP contribution in [0.3, 0.4) is 0 Å². The maximum Gasteiger partial charge on any atom is 0.232 e. The number of para-hydroxylation sites is 1. The summed E-state index contributed by atoms with van der Waals surface area (Å²) in [5, 5.41) is 6.03. The van der Waals surface area contributed by atoms with E-state index in [0.717, 1.165) is 23.1 Å². The lowest BCUT2D eigenvalue weighted by Crippen LogP contribution is -2.40. The molecule has 2 aliphatic carbocycles. The number of anilines is 1. The van der Waals surface area contributed by atoms with Gasteiger partial charge in [-0.05, 0) is 55.6 Å². The lowest BCUT2D eigenvalue weighted by molar-refractivity contribution is -0.125. The SMILES string of the molecule is C[C@H](NC(=O)C[C@H]1C(=O)Nc2ccccc21)[C@@H]1C[C@H]2CC[C@H]1C2. The van der Waals surface area contributed by atoms with Crippen LogP contribution < -0.4 is 10.6 Å². The van der Waals surface area contributed by atoms with E-state index in [0.29, 0.717) is 5.92 Å². The molecule has 0 aromatic heterocycles. The largest absolute Gasteiger partial charge is 0.353 e. The highest BCUT2D eigenvalue weighted by Gasteiger charge is 2.42. The highest BCUT2D eigenvalue weighted by molar-refractivity contribution is 6.04. The summed E-state index contributed by atoms with van der Waals surface area (Å²) in [6, 6.07) is 7.87. The molecule has 2 N–H and O–H groups in total. The monoisotopic (exact) mass is 312 g/mol. The Kier molecular flexibility index (Phi) is 3.63. The van der Waals surface area contributed by atoms with Crippen molar-refractivity contribution in [2.45, 2.75) is 51.0 Å². The minimum atomic E-state index is -0.349. The summed E-state index contributed by atoms with van der Waals surface area (Å²) in [7, 11) is 0. The molecule has 2 amide bonds. The van der Waals surface area contributed by atoms with Gasteiger partial charge in [0.05, 0.1) is 5.92 Å². The normalized spacial score (nSPS) is 32.5. The van der Waals surface area contributed by atoms with Crippen LogP contribution >= 0.6 is 0 Å². The topological polar surface area (TPSA) is 58.2 Å². The second-order valence-electron chi connectivity index (χ2n) is 7.53. The zero-order valence-corrected chi connectivity index (χ0v) is 13.5. The number of rotatable bonds is 4. The average molecular weight is 312 g/mol. The van der Waals surface area contributed by atoms with Crippen molar-refractivity contribution in [2.75, 3.05) is 5.32 Å². The van der Waals surface area contributed by atoms with Gasteiger partial charge in [0.15, 0.2) is 0 Å². The molecule has 2 saturated carbocycles. The minimum Gasteiger partial charge on any atom is -0.353 e. The summed E-state index contributed by atoms with van der Waals surface area (Å²) < 4.78 is 0. The third-order valence-corrected chi connectivity index (χ3v) is 6.12. The van der Waals surface area contributed by atoms with Crippen LogP contribution in [0.25, 0.3) is 0 Å². The van der Waals surface area contributed by atoms with Crippen LogP contribution in [-0.4, -0.2) is 17.9 Å². The molecule has 0 unspecified atom stereocenters. The molecular weight excluding hydrogens is 288 g/mol. The first-order chi connectivity index (χ1) is 11.1. The van der Waals surface area contributed by atoms with Crippen LogP contribution in [0.4, 0.5) is 5.69 Å². The van der Waals surface area contributed by atoms with E-state index >= 15 is 0 Å². The number of amides is 2. The fourth-order valence-electron chi connectivity index (χ4n) is 4.99. The summed E-state index contributed by atoms with van der Waals surface area (Å²) in [6.07, 6.45) is 5.56. The Balaban J connectivity index is 1.38. The summed E-state index contributed by atoms with van der Waals surface area (Å²) in [4.78, 5) is 24.6. The second kappa shape index (κ2) is 5.66. The van der Waals surface area contributed by atoms with Gasteiger partial charge >= 0.3 is 0 Å². The molecule has 4 nitrogen and oxygen atoms in total. The summed E-state index contributed by atoms with van der Waals surface area (Å²) in [5.41, 5.74) is 1.79. The third-order valence-electron chi connectivity index (χ3n) is 6.12. The Labute approximate surface area is 137 Å². The van der Waals surface area contributed by atoms with Crippen LogP contribution in [-0.2, 0) is 9.59 Å². The quantitative estimate of drug-likeness (QED) is 0.898. The Hall–Kier alpha value is -1.84. The van der Waals surface area contributed by atoms with Crippen molar-refractivity contribution >= 4 is 17.5 Å². The molecule has 1 aromatic rings. The zero-order chi connectivity index (χ0) is 16.0. The minimum absolute atomic E-state index is 0.00266. The molecule has 1 aromatic carbocycles. The average Bonchev–Trinajstić information content (AvgIpc) is 3.22. The van der Waals surface area contributed by atoms with Crippen molar-refractivity contribution in [3.05, 3.63) is 29.8 Å². The molecule has 3 aliphatic rings. The van der Waals surface area contributed by atoms with Gasteiger partial charge in [0.2, 0.25) is 11.8 Å². The first-order valence-electron chi connectivity index (χ1n) is 8.81. The lowest BCUT2D eigenvalue weighted by Gasteiger charge is -2.28. The molecule has 0 radical (unpaired) electrons. The highest BCUT2D eigenvalue weighted by Crippen LogP contribution is 2.49. The zero-order valence-electron chi connectivity index (χ0n) is 13.5. The second-order valence-corrected chi connectivity index (χ2v) is 7.53. The fourth-order valence-corrected chi connectivity index (χ4v) is 4.99. The van der Waals surface area contributed by atoms with E-state index in [1.165, 1.54) is 25.7 Å². The van der Waals surface area contributed by atoms with Crippen molar-refractivity contribution in [2.24, 2.45) is 17.8 Å². The molecule has 0 saturated heterocycles. The maximum atomic E-state index is 12.4. The molecule has 122 valence electrons. The first kappa shape index (κ1) is 14.7. The number of fused-ring (bicyclic) bond motifs is 3.